The quantitative estimate of drug-likeness (QED) is 0.695. The predicted octanol–water partition coefficient (Wildman–Crippen LogP) is 2.95. The fraction of sp³-hybridized carbons (Fsp3) is 0.100. The van der Waals surface area contributed by atoms with Crippen LogP contribution in [0.3, 0.4) is 0 Å². The number of rotatable bonds is 4. The lowest BCUT2D eigenvalue weighted by Gasteiger charge is -2.09. The molecule has 0 spiro atoms. The van der Waals surface area contributed by atoms with Gasteiger partial charge in [0, 0.05) is 18.5 Å². The van der Waals surface area contributed by atoms with Gasteiger partial charge in [-0.15, -0.1) is 6.42 Å². The van der Waals surface area contributed by atoms with Crippen LogP contribution in [0.2, 0.25) is 0 Å². The van der Waals surface area contributed by atoms with E-state index in [-0.39, 0.29) is 5.56 Å². The second-order valence-electron chi connectivity index (χ2n) is 5.31. The molecule has 4 heteroatoms. The van der Waals surface area contributed by atoms with Gasteiger partial charge in [0.15, 0.2) is 0 Å². The molecule has 0 aliphatic heterocycles. The summed E-state index contributed by atoms with van der Waals surface area (Å²) in [7, 11) is 1.63. The van der Waals surface area contributed by atoms with Gasteiger partial charge in [0.2, 0.25) is 0 Å². The Labute approximate surface area is 140 Å². The summed E-state index contributed by atoms with van der Waals surface area (Å²) in [5.74, 6) is 3.28. The van der Waals surface area contributed by atoms with Crippen molar-refractivity contribution < 1.29 is 4.74 Å². The monoisotopic (exact) mass is 316 g/mol. The van der Waals surface area contributed by atoms with E-state index in [1.54, 1.807) is 30.0 Å². The lowest BCUT2D eigenvalue weighted by molar-refractivity contribution is 0.415. The van der Waals surface area contributed by atoms with Gasteiger partial charge in [0.25, 0.3) is 5.56 Å². The first kappa shape index (κ1) is 15.6. The third-order valence-electron chi connectivity index (χ3n) is 3.73. The zero-order valence-electron chi connectivity index (χ0n) is 13.3. The summed E-state index contributed by atoms with van der Waals surface area (Å²) in [5, 5.41) is 0. The third-order valence-corrected chi connectivity index (χ3v) is 3.73. The number of pyridine rings is 2. The van der Waals surface area contributed by atoms with Crippen LogP contribution in [0.15, 0.2) is 65.7 Å². The summed E-state index contributed by atoms with van der Waals surface area (Å²) in [6.07, 6.45) is 8.85. The van der Waals surface area contributed by atoms with E-state index in [1.807, 2.05) is 42.6 Å². The number of benzene rings is 1. The predicted molar refractivity (Wildman–Crippen MR) is 94.0 cm³/mol. The molecule has 0 saturated carbocycles. The van der Waals surface area contributed by atoms with E-state index >= 15 is 0 Å². The minimum atomic E-state index is -0.0618. The van der Waals surface area contributed by atoms with Gasteiger partial charge in [-0.3, -0.25) is 4.79 Å². The molecule has 118 valence electrons. The van der Waals surface area contributed by atoms with Crippen LogP contribution in [0, 0.1) is 12.3 Å². The summed E-state index contributed by atoms with van der Waals surface area (Å²) >= 11 is 0. The minimum Gasteiger partial charge on any atom is -0.497 e. The summed E-state index contributed by atoms with van der Waals surface area (Å²) < 4.78 is 6.83. The molecule has 0 aliphatic rings. The van der Waals surface area contributed by atoms with Gasteiger partial charge >= 0.3 is 0 Å². The molecule has 0 atom stereocenters. The van der Waals surface area contributed by atoms with Crippen LogP contribution >= 0.6 is 0 Å². The molecule has 0 saturated heterocycles. The first-order valence-corrected chi connectivity index (χ1v) is 7.46. The van der Waals surface area contributed by atoms with Crippen LogP contribution < -0.4 is 10.3 Å². The van der Waals surface area contributed by atoms with Crippen molar-refractivity contribution in [3.05, 3.63) is 82.5 Å². The molecule has 2 aromatic heterocycles. The highest BCUT2D eigenvalue weighted by molar-refractivity contribution is 5.63. The van der Waals surface area contributed by atoms with E-state index < -0.39 is 0 Å². The number of hydrogen-bond acceptors (Lipinski definition) is 3. The summed E-state index contributed by atoms with van der Waals surface area (Å²) in [6, 6.07) is 14.8. The molecule has 4 nitrogen and oxygen atoms in total. The number of hydrogen-bond donors (Lipinski definition) is 0. The highest BCUT2D eigenvalue weighted by atomic mass is 16.5. The Bertz CT molecular complexity index is 933. The van der Waals surface area contributed by atoms with E-state index in [9.17, 15) is 4.79 Å². The van der Waals surface area contributed by atoms with Crippen LogP contribution in [0.4, 0.5) is 0 Å². The molecule has 2 heterocycles. The van der Waals surface area contributed by atoms with Crippen LogP contribution in [0.5, 0.6) is 5.75 Å². The van der Waals surface area contributed by atoms with Crippen molar-refractivity contribution in [3.63, 3.8) is 0 Å². The van der Waals surface area contributed by atoms with Crippen molar-refractivity contribution in [2.24, 2.45) is 0 Å². The fourth-order valence-electron chi connectivity index (χ4n) is 2.41. The number of ether oxygens (including phenoxy) is 1. The molecular weight excluding hydrogens is 300 g/mol. The van der Waals surface area contributed by atoms with E-state index in [1.165, 1.54) is 0 Å². The molecule has 0 amide bonds. The zero-order valence-corrected chi connectivity index (χ0v) is 13.3. The van der Waals surface area contributed by atoms with Gasteiger partial charge < -0.3 is 9.30 Å². The molecular formula is C20H16N2O2. The van der Waals surface area contributed by atoms with E-state index in [4.69, 9.17) is 11.2 Å². The molecule has 0 unspecified atom stereocenters. The van der Waals surface area contributed by atoms with E-state index in [0.717, 1.165) is 22.4 Å². The fourth-order valence-corrected chi connectivity index (χ4v) is 2.41. The van der Waals surface area contributed by atoms with Gasteiger partial charge in [-0.2, -0.15) is 0 Å². The minimum absolute atomic E-state index is 0.0618. The molecule has 3 rings (SSSR count). The van der Waals surface area contributed by atoms with Gasteiger partial charge in [-0.05, 0) is 41.0 Å². The summed E-state index contributed by atoms with van der Waals surface area (Å²) in [6.45, 7) is 0.445. The summed E-state index contributed by atoms with van der Waals surface area (Å²) in [5.41, 5.74) is 3.42. The molecule has 0 bridgehead atoms. The van der Waals surface area contributed by atoms with E-state index in [0.29, 0.717) is 12.2 Å². The maximum Gasteiger partial charge on any atom is 0.250 e. The SMILES string of the molecule is C#Cc1ccc(Cn2cc(-c3ccc(OC)cc3)ccc2=O)cn1. The molecule has 1 aromatic carbocycles. The normalized spacial score (nSPS) is 10.2. The Kier molecular flexibility index (Phi) is 4.44. The largest absolute Gasteiger partial charge is 0.497 e. The van der Waals surface area contributed by atoms with E-state index in [2.05, 4.69) is 10.9 Å². The zero-order chi connectivity index (χ0) is 16.9. The van der Waals surface area contributed by atoms with Crippen LogP contribution in [-0.2, 0) is 6.54 Å². The first-order valence-electron chi connectivity index (χ1n) is 7.46. The van der Waals surface area contributed by atoms with Crippen LogP contribution in [0.1, 0.15) is 11.3 Å². The molecule has 0 fully saturated rings. The van der Waals surface area contributed by atoms with Crippen molar-refractivity contribution >= 4 is 0 Å². The average Bonchev–Trinajstić information content (AvgIpc) is 2.64. The molecule has 0 aliphatic carbocycles. The third kappa shape index (κ3) is 3.36. The maximum atomic E-state index is 12.1. The van der Waals surface area contributed by atoms with Gasteiger partial charge in [-0.25, -0.2) is 4.98 Å². The topological polar surface area (TPSA) is 44.1 Å². The van der Waals surface area contributed by atoms with Crippen molar-refractivity contribution in [2.75, 3.05) is 7.11 Å². The van der Waals surface area contributed by atoms with Crippen molar-refractivity contribution in [1.82, 2.24) is 9.55 Å². The van der Waals surface area contributed by atoms with Crippen molar-refractivity contribution in [1.29, 1.82) is 0 Å². The molecule has 3 aromatic rings. The van der Waals surface area contributed by atoms with Crippen molar-refractivity contribution in [2.45, 2.75) is 6.54 Å². The average molecular weight is 316 g/mol. The lowest BCUT2D eigenvalue weighted by Crippen LogP contribution is -2.19. The number of methoxy groups -OCH3 is 1. The summed E-state index contributed by atoms with van der Waals surface area (Å²) in [4.78, 5) is 16.3. The molecule has 24 heavy (non-hydrogen) atoms. The number of nitrogens with zero attached hydrogens (tertiary/aromatic N) is 2. The number of aromatic nitrogens is 2. The molecule has 0 radical (unpaired) electrons. The second kappa shape index (κ2) is 6.84. The Balaban J connectivity index is 1.90. The standard InChI is InChI=1S/C20H16N2O2/c1-3-18-8-4-15(12-21-18)13-22-14-17(7-11-20(22)23)16-5-9-19(24-2)10-6-16/h1,4-12,14H,13H2,2H3. The van der Waals surface area contributed by atoms with Gasteiger partial charge in [0.05, 0.1) is 13.7 Å². The van der Waals surface area contributed by atoms with Crippen LogP contribution in [-0.4, -0.2) is 16.7 Å². The Morgan fingerprint density at radius 2 is 1.83 bits per heavy atom. The highest BCUT2D eigenvalue weighted by Crippen LogP contribution is 2.21. The second-order valence-corrected chi connectivity index (χ2v) is 5.31. The highest BCUT2D eigenvalue weighted by Gasteiger charge is 2.04. The Hall–Kier alpha value is -3.32. The van der Waals surface area contributed by atoms with Crippen molar-refractivity contribution in [3.8, 4) is 29.2 Å². The number of terminal acetylenes is 1. The lowest BCUT2D eigenvalue weighted by atomic mass is 10.1. The Morgan fingerprint density at radius 3 is 2.46 bits per heavy atom. The Morgan fingerprint density at radius 1 is 1.08 bits per heavy atom. The smallest absolute Gasteiger partial charge is 0.250 e. The van der Waals surface area contributed by atoms with Crippen LogP contribution in [0.25, 0.3) is 11.1 Å². The van der Waals surface area contributed by atoms with Gasteiger partial charge in [0.1, 0.15) is 11.4 Å². The first-order chi connectivity index (χ1) is 11.7. The van der Waals surface area contributed by atoms with Gasteiger partial charge in [-0.1, -0.05) is 24.1 Å². The molecule has 0 N–H and O–H groups in total. The maximum absolute atomic E-state index is 12.1.